The van der Waals surface area contributed by atoms with Gasteiger partial charge in [0.15, 0.2) is 0 Å². The maximum atomic E-state index is 11.9. The maximum absolute atomic E-state index is 11.9. The lowest BCUT2D eigenvalue weighted by molar-refractivity contribution is 0.0679. The van der Waals surface area contributed by atoms with Gasteiger partial charge in [-0.25, -0.2) is 8.78 Å². The SMILES string of the molecule is Cc1ccc(C(=O)C(F)F)cc1. The Morgan fingerprint density at radius 3 is 2.17 bits per heavy atom. The summed E-state index contributed by atoms with van der Waals surface area (Å²) in [5.74, 6) is -1.12. The van der Waals surface area contributed by atoms with E-state index in [1.807, 2.05) is 6.92 Å². The lowest BCUT2D eigenvalue weighted by Crippen LogP contribution is -2.09. The number of aryl methyl sites for hydroxylation is 1. The second kappa shape index (κ2) is 3.43. The van der Waals surface area contributed by atoms with Crippen molar-refractivity contribution in [1.82, 2.24) is 0 Å². The van der Waals surface area contributed by atoms with Crippen molar-refractivity contribution in [3.8, 4) is 0 Å². The summed E-state index contributed by atoms with van der Waals surface area (Å²) in [5.41, 5.74) is 1.01. The van der Waals surface area contributed by atoms with Gasteiger partial charge in [0.25, 0.3) is 0 Å². The summed E-state index contributed by atoms with van der Waals surface area (Å²) in [5, 5.41) is 0. The molecule has 1 aromatic carbocycles. The molecule has 0 fully saturated rings. The number of ketones is 1. The van der Waals surface area contributed by atoms with Crippen LogP contribution in [0.4, 0.5) is 8.78 Å². The summed E-state index contributed by atoms with van der Waals surface area (Å²) in [6.07, 6.45) is -2.91. The van der Waals surface area contributed by atoms with Crippen LogP contribution < -0.4 is 0 Å². The van der Waals surface area contributed by atoms with Crippen molar-refractivity contribution in [1.29, 1.82) is 0 Å². The third-order valence-corrected chi connectivity index (χ3v) is 1.53. The molecule has 0 aliphatic carbocycles. The highest BCUT2D eigenvalue weighted by Crippen LogP contribution is 2.08. The van der Waals surface area contributed by atoms with Crippen LogP contribution in [0.2, 0.25) is 0 Å². The molecule has 0 unspecified atom stereocenters. The topological polar surface area (TPSA) is 17.1 Å². The molecular weight excluding hydrogens is 162 g/mol. The fourth-order valence-electron chi connectivity index (χ4n) is 0.844. The lowest BCUT2D eigenvalue weighted by atomic mass is 10.1. The molecule has 3 heteroatoms. The second-order valence-electron chi connectivity index (χ2n) is 2.53. The van der Waals surface area contributed by atoms with E-state index in [0.717, 1.165) is 5.56 Å². The van der Waals surface area contributed by atoms with Crippen LogP contribution in [-0.2, 0) is 0 Å². The summed E-state index contributed by atoms with van der Waals surface area (Å²) < 4.78 is 23.7. The molecule has 0 amide bonds. The molecule has 1 rings (SSSR count). The van der Waals surface area contributed by atoms with Crippen LogP contribution in [0.25, 0.3) is 0 Å². The van der Waals surface area contributed by atoms with Crippen molar-refractivity contribution in [2.45, 2.75) is 13.3 Å². The molecule has 0 N–H and O–H groups in total. The van der Waals surface area contributed by atoms with Crippen LogP contribution in [-0.4, -0.2) is 12.2 Å². The average molecular weight is 170 g/mol. The third kappa shape index (κ3) is 1.87. The zero-order valence-electron chi connectivity index (χ0n) is 6.55. The van der Waals surface area contributed by atoms with Gasteiger partial charge in [0.1, 0.15) is 0 Å². The van der Waals surface area contributed by atoms with Crippen LogP contribution in [0.5, 0.6) is 0 Å². The molecule has 64 valence electrons. The number of carbonyl (C=O) groups excluding carboxylic acids is 1. The smallest absolute Gasteiger partial charge is 0.288 e. The molecule has 12 heavy (non-hydrogen) atoms. The number of halogens is 2. The molecule has 1 aromatic rings. The summed E-state index contributed by atoms with van der Waals surface area (Å²) in [4.78, 5) is 10.7. The first-order valence-electron chi connectivity index (χ1n) is 3.50. The monoisotopic (exact) mass is 170 g/mol. The van der Waals surface area contributed by atoms with Crippen molar-refractivity contribution in [3.63, 3.8) is 0 Å². The predicted octanol–water partition coefficient (Wildman–Crippen LogP) is 2.44. The summed E-state index contributed by atoms with van der Waals surface area (Å²) in [7, 11) is 0. The first-order valence-corrected chi connectivity index (χ1v) is 3.50. The van der Waals surface area contributed by atoms with E-state index in [1.165, 1.54) is 12.1 Å². The molecule has 0 aliphatic rings. The van der Waals surface area contributed by atoms with E-state index in [9.17, 15) is 13.6 Å². The van der Waals surface area contributed by atoms with E-state index in [1.54, 1.807) is 12.1 Å². The fourth-order valence-corrected chi connectivity index (χ4v) is 0.844. The molecule has 0 atom stereocenters. The Bertz CT molecular complexity index is 277. The minimum absolute atomic E-state index is 0.0654. The van der Waals surface area contributed by atoms with Crippen molar-refractivity contribution < 1.29 is 13.6 Å². The molecule has 0 radical (unpaired) electrons. The van der Waals surface area contributed by atoms with Gasteiger partial charge in [-0.1, -0.05) is 29.8 Å². The van der Waals surface area contributed by atoms with E-state index in [0.29, 0.717) is 0 Å². The van der Waals surface area contributed by atoms with Gasteiger partial charge in [0, 0.05) is 5.56 Å². The van der Waals surface area contributed by atoms with Crippen LogP contribution >= 0.6 is 0 Å². The van der Waals surface area contributed by atoms with E-state index in [-0.39, 0.29) is 5.56 Å². The molecule has 0 aliphatic heterocycles. The number of hydrogen-bond donors (Lipinski definition) is 0. The highest BCUT2D eigenvalue weighted by Gasteiger charge is 2.16. The van der Waals surface area contributed by atoms with Crippen molar-refractivity contribution in [3.05, 3.63) is 35.4 Å². The standard InChI is InChI=1S/C9H8F2O/c1-6-2-4-7(5-3-6)8(12)9(10)11/h2-5,9H,1H3. The predicted molar refractivity (Wildman–Crippen MR) is 41.5 cm³/mol. The first kappa shape index (κ1) is 8.84. The Morgan fingerprint density at radius 1 is 1.25 bits per heavy atom. The normalized spacial score (nSPS) is 10.3. The van der Waals surface area contributed by atoms with Crippen LogP contribution in [0.15, 0.2) is 24.3 Å². The number of rotatable bonds is 2. The Balaban J connectivity index is 2.90. The summed E-state index contributed by atoms with van der Waals surface area (Å²) in [6.45, 7) is 1.83. The molecule has 0 spiro atoms. The van der Waals surface area contributed by atoms with Gasteiger partial charge < -0.3 is 0 Å². The summed E-state index contributed by atoms with van der Waals surface area (Å²) >= 11 is 0. The van der Waals surface area contributed by atoms with E-state index < -0.39 is 12.2 Å². The highest BCUT2D eigenvalue weighted by molar-refractivity contribution is 5.98. The minimum atomic E-state index is -2.91. The quantitative estimate of drug-likeness (QED) is 0.623. The zero-order chi connectivity index (χ0) is 9.14. The molecule has 0 saturated heterocycles. The largest absolute Gasteiger partial charge is 0.300 e. The number of Topliss-reactive ketones (excluding diaryl/α,β-unsaturated/α-hetero) is 1. The van der Waals surface area contributed by atoms with Gasteiger partial charge >= 0.3 is 6.43 Å². The average Bonchev–Trinajstić information content (AvgIpc) is 2.04. The van der Waals surface area contributed by atoms with Gasteiger partial charge in [-0.2, -0.15) is 0 Å². The Hall–Kier alpha value is -1.25. The Morgan fingerprint density at radius 2 is 1.75 bits per heavy atom. The summed E-state index contributed by atoms with van der Waals surface area (Å²) in [6, 6.07) is 6.08. The highest BCUT2D eigenvalue weighted by atomic mass is 19.3. The molecule has 1 nitrogen and oxygen atoms in total. The van der Waals surface area contributed by atoms with Gasteiger partial charge in [-0.15, -0.1) is 0 Å². The molecule has 0 saturated carbocycles. The molecule has 0 bridgehead atoms. The maximum Gasteiger partial charge on any atom is 0.300 e. The lowest BCUT2D eigenvalue weighted by Gasteiger charge is -1.98. The minimum Gasteiger partial charge on any atom is -0.288 e. The van der Waals surface area contributed by atoms with E-state index in [2.05, 4.69) is 0 Å². The van der Waals surface area contributed by atoms with Crippen LogP contribution in [0.3, 0.4) is 0 Å². The van der Waals surface area contributed by atoms with Crippen molar-refractivity contribution in [2.75, 3.05) is 0 Å². The van der Waals surface area contributed by atoms with Gasteiger partial charge in [0.2, 0.25) is 5.78 Å². The Kier molecular flexibility index (Phi) is 2.53. The fraction of sp³-hybridized carbons (Fsp3) is 0.222. The first-order chi connectivity index (χ1) is 5.61. The van der Waals surface area contributed by atoms with E-state index in [4.69, 9.17) is 0 Å². The second-order valence-corrected chi connectivity index (χ2v) is 2.53. The molecular formula is C9H8F2O. The van der Waals surface area contributed by atoms with Crippen LogP contribution in [0, 0.1) is 6.92 Å². The van der Waals surface area contributed by atoms with Gasteiger partial charge in [-0.05, 0) is 6.92 Å². The molecule has 0 heterocycles. The Labute approximate surface area is 69.0 Å². The molecule has 0 aromatic heterocycles. The van der Waals surface area contributed by atoms with Crippen molar-refractivity contribution >= 4 is 5.78 Å². The van der Waals surface area contributed by atoms with Gasteiger partial charge in [-0.3, -0.25) is 4.79 Å². The zero-order valence-corrected chi connectivity index (χ0v) is 6.55. The van der Waals surface area contributed by atoms with Crippen molar-refractivity contribution in [2.24, 2.45) is 0 Å². The number of alkyl halides is 2. The van der Waals surface area contributed by atoms with E-state index >= 15 is 0 Å². The number of benzene rings is 1. The van der Waals surface area contributed by atoms with Gasteiger partial charge in [0.05, 0.1) is 0 Å². The van der Waals surface area contributed by atoms with Crippen LogP contribution in [0.1, 0.15) is 15.9 Å². The number of hydrogen-bond acceptors (Lipinski definition) is 1. The third-order valence-electron chi connectivity index (χ3n) is 1.53. The number of carbonyl (C=O) groups is 1.